The van der Waals surface area contributed by atoms with Crippen LogP contribution in [0, 0.1) is 17.8 Å². The Morgan fingerprint density at radius 3 is 2.29 bits per heavy atom. The molecule has 2 aromatic carbocycles. The molecule has 1 aromatic heterocycles. The Balaban J connectivity index is 1.19. The van der Waals surface area contributed by atoms with E-state index in [1.165, 1.54) is 29.7 Å². The van der Waals surface area contributed by atoms with Crippen LogP contribution in [-0.2, 0) is 25.7 Å². The minimum absolute atomic E-state index is 0.224. The number of ether oxygens (including phenoxy) is 2. The lowest BCUT2D eigenvalue weighted by molar-refractivity contribution is -0.163. The molecule has 1 saturated carbocycles. The van der Waals surface area contributed by atoms with E-state index < -0.39 is 17.9 Å². The normalized spacial score (nSPS) is 18.6. The SMILES string of the molecule is CC(C)CO[C@H](C)ONC(=O)c1cc2ccc(CNCC3CCC(CNC(C(=O)OC(C)(C)C)c4ccccc4)CC3)cc2s1. The van der Waals surface area contributed by atoms with E-state index in [4.69, 9.17) is 14.3 Å². The van der Waals surface area contributed by atoms with Gasteiger partial charge in [0.05, 0.1) is 11.5 Å². The van der Waals surface area contributed by atoms with Crippen LogP contribution >= 0.6 is 11.3 Å². The molecular formula is C36H51N3O5S. The van der Waals surface area contributed by atoms with E-state index in [2.05, 4.69) is 48.2 Å². The minimum Gasteiger partial charge on any atom is -0.459 e. The molecule has 1 heterocycles. The maximum atomic E-state index is 13.0. The van der Waals surface area contributed by atoms with Gasteiger partial charge in [-0.25, -0.2) is 15.1 Å². The molecule has 0 aliphatic heterocycles. The number of thiophene rings is 1. The van der Waals surface area contributed by atoms with Crippen LogP contribution in [0.2, 0.25) is 0 Å². The van der Waals surface area contributed by atoms with Crippen LogP contribution in [0.5, 0.6) is 0 Å². The second-order valence-corrected chi connectivity index (χ2v) is 14.7. The van der Waals surface area contributed by atoms with Gasteiger partial charge in [0.1, 0.15) is 11.6 Å². The second-order valence-electron chi connectivity index (χ2n) is 13.6. The van der Waals surface area contributed by atoms with E-state index in [9.17, 15) is 9.59 Å². The van der Waals surface area contributed by atoms with Gasteiger partial charge in [0.15, 0.2) is 6.29 Å². The number of carbonyl (C=O) groups is 2. The maximum absolute atomic E-state index is 13.0. The first-order valence-corrected chi connectivity index (χ1v) is 17.1. The molecule has 0 bridgehead atoms. The van der Waals surface area contributed by atoms with Crippen molar-refractivity contribution in [2.45, 2.75) is 91.7 Å². The third-order valence-corrected chi connectivity index (χ3v) is 9.00. The van der Waals surface area contributed by atoms with Crippen LogP contribution in [0.3, 0.4) is 0 Å². The fraction of sp³-hybridized carbons (Fsp3) is 0.556. The Morgan fingerprint density at radius 1 is 0.933 bits per heavy atom. The second kappa shape index (κ2) is 16.7. The molecule has 2 atom stereocenters. The molecule has 3 aromatic rings. The quantitative estimate of drug-likeness (QED) is 0.0925. The van der Waals surface area contributed by atoms with Crippen molar-refractivity contribution < 1.29 is 23.9 Å². The molecule has 0 saturated heterocycles. The Bertz CT molecular complexity index is 1360. The number of amides is 1. The average molecular weight is 638 g/mol. The van der Waals surface area contributed by atoms with E-state index in [0.717, 1.165) is 48.1 Å². The number of hydrogen-bond donors (Lipinski definition) is 3. The summed E-state index contributed by atoms with van der Waals surface area (Å²) in [6.07, 6.45) is 4.13. The Kier molecular flexibility index (Phi) is 13.0. The largest absolute Gasteiger partial charge is 0.459 e. The Labute approximate surface area is 272 Å². The number of benzene rings is 2. The molecule has 4 rings (SSSR count). The zero-order chi connectivity index (χ0) is 32.4. The summed E-state index contributed by atoms with van der Waals surface area (Å²) >= 11 is 1.46. The third-order valence-electron chi connectivity index (χ3n) is 7.90. The summed E-state index contributed by atoms with van der Waals surface area (Å²) in [5, 5.41) is 8.23. The summed E-state index contributed by atoms with van der Waals surface area (Å²) in [5.41, 5.74) is 4.13. The van der Waals surface area contributed by atoms with Crippen molar-refractivity contribution in [3.8, 4) is 0 Å². The summed E-state index contributed by atoms with van der Waals surface area (Å²) in [5.74, 6) is 1.10. The minimum atomic E-state index is -0.525. The molecule has 1 aliphatic carbocycles. The molecular weight excluding hydrogens is 586 g/mol. The summed E-state index contributed by atoms with van der Waals surface area (Å²) < 4.78 is 12.4. The summed E-state index contributed by atoms with van der Waals surface area (Å²) in [6.45, 7) is 14.8. The van der Waals surface area contributed by atoms with Crippen LogP contribution in [0.25, 0.3) is 10.1 Å². The van der Waals surface area contributed by atoms with Gasteiger partial charge in [-0.05, 0) is 113 Å². The molecule has 1 aliphatic rings. The predicted octanol–water partition coefficient (Wildman–Crippen LogP) is 7.15. The zero-order valence-corrected chi connectivity index (χ0v) is 28.5. The molecule has 1 unspecified atom stereocenters. The van der Waals surface area contributed by atoms with Crippen molar-refractivity contribution in [1.29, 1.82) is 0 Å². The molecule has 246 valence electrons. The molecule has 1 fully saturated rings. The molecule has 8 nitrogen and oxygen atoms in total. The van der Waals surface area contributed by atoms with Gasteiger partial charge >= 0.3 is 5.97 Å². The Hall–Kier alpha value is -2.82. The fourth-order valence-electron chi connectivity index (χ4n) is 5.53. The predicted molar refractivity (Wildman–Crippen MR) is 181 cm³/mol. The van der Waals surface area contributed by atoms with Gasteiger partial charge in [0, 0.05) is 11.2 Å². The topological polar surface area (TPSA) is 97.9 Å². The third kappa shape index (κ3) is 11.5. The monoisotopic (exact) mass is 637 g/mol. The molecule has 3 N–H and O–H groups in total. The average Bonchev–Trinajstić information content (AvgIpc) is 3.43. The van der Waals surface area contributed by atoms with E-state index >= 15 is 0 Å². The molecule has 0 radical (unpaired) electrons. The maximum Gasteiger partial charge on any atom is 0.328 e. The molecule has 0 spiro atoms. The van der Waals surface area contributed by atoms with Crippen molar-refractivity contribution >= 4 is 33.3 Å². The smallest absolute Gasteiger partial charge is 0.328 e. The lowest BCUT2D eigenvalue weighted by Gasteiger charge is -2.31. The van der Waals surface area contributed by atoms with Crippen molar-refractivity contribution in [1.82, 2.24) is 16.1 Å². The van der Waals surface area contributed by atoms with Crippen LogP contribution in [0.15, 0.2) is 54.6 Å². The lowest BCUT2D eigenvalue weighted by atomic mass is 9.81. The fourth-order valence-corrected chi connectivity index (χ4v) is 6.55. The Morgan fingerprint density at radius 2 is 1.62 bits per heavy atom. The van der Waals surface area contributed by atoms with Crippen molar-refractivity contribution in [2.75, 3.05) is 19.7 Å². The lowest BCUT2D eigenvalue weighted by Crippen LogP contribution is -2.38. The van der Waals surface area contributed by atoms with Gasteiger partial charge in [-0.2, -0.15) is 0 Å². The van der Waals surface area contributed by atoms with Crippen LogP contribution in [0.4, 0.5) is 0 Å². The van der Waals surface area contributed by atoms with Crippen LogP contribution in [-0.4, -0.2) is 43.5 Å². The highest BCUT2D eigenvalue weighted by atomic mass is 32.1. The molecule has 9 heteroatoms. The number of esters is 1. The van der Waals surface area contributed by atoms with Gasteiger partial charge in [-0.15, -0.1) is 11.3 Å². The van der Waals surface area contributed by atoms with E-state index in [0.29, 0.717) is 29.2 Å². The molecule has 1 amide bonds. The van der Waals surface area contributed by atoms with Crippen molar-refractivity contribution in [3.63, 3.8) is 0 Å². The summed E-state index contributed by atoms with van der Waals surface area (Å²) in [4.78, 5) is 31.6. The first kappa shape index (κ1) is 35.0. The zero-order valence-electron chi connectivity index (χ0n) is 27.7. The van der Waals surface area contributed by atoms with Crippen LogP contribution in [0.1, 0.15) is 94.1 Å². The van der Waals surface area contributed by atoms with Gasteiger partial charge in [0.25, 0.3) is 5.91 Å². The standard InChI is InChI=1S/C36H51N3O5S/c1-24(2)23-42-25(3)44-39-34(40)32-19-30-17-16-28(18-31(30)45-32)21-37-20-26-12-14-27(15-13-26)22-38-33(29-10-8-7-9-11-29)35(41)43-36(4,5)6/h7-11,16-19,24-27,33,37-38H,12-15,20-23H2,1-6H3,(H,39,40)/t25-,26?,27?,33?/m0/s1. The number of nitrogens with one attached hydrogen (secondary N) is 3. The summed E-state index contributed by atoms with van der Waals surface area (Å²) in [6, 6.07) is 17.7. The number of carbonyl (C=O) groups excluding carboxylic acids is 2. The van der Waals surface area contributed by atoms with Gasteiger partial charge in [-0.1, -0.05) is 56.3 Å². The first-order valence-electron chi connectivity index (χ1n) is 16.3. The summed E-state index contributed by atoms with van der Waals surface area (Å²) in [7, 11) is 0. The van der Waals surface area contributed by atoms with E-state index in [1.807, 2.05) is 57.2 Å². The molecule has 45 heavy (non-hydrogen) atoms. The highest BCUT2D eigenvalue weighted by molar-refractivity contribution is 7.20. The first-order chi connectivity index (χ1) is 21.5. The van der Waals surface area contributed by atoms with Crippen LogP contribution < -0.4 is 16.1 Å². The van der Waals surface area contributed by atoms with Crippen molar-refractivity contribution in [3.05, 3.63) is 70.6 Å². The number of hydrogen-bond acceptors (Lipinski definition) is 8. The highest BCUT2D eigenvalue weighted by Gasteiger charge is 2.28. The van der Waals surface area contributed by atoms with E-state index in [1.54, 1.807) is 6.92 Å². The number of fused-ring (bicyclic) bond motifs is 1. The van der Waals surface area contributed by atoms with Crippen molar-refractivity contribution in [2.24, 2.45) is 17.8 Å². The van der Waals surface area contributed by atoms with Gasteiger partial charge < -0.3 is 20.1 Å². The van der Waals surface area contributed by atoms with E-state index in [-0.39, 0.29) is 11.9 Å². The number of hydroxylamine groups is 1. The van der Waals surface area contributed by atoms with Gasteiger partial charge in [-0.3, -0.25) is 4.79 Å². The highest BCUT2D eigenvalue weighted by Crippen LogP contribution is 2.30. The number of rotatable bonds is 15. The van der Waals surface area contributed by atoms with Gasteiger partial charge in [0.2, 0.25) is 0 Å².